The summed E-state index contributed by atoms with van der Waals surface area (Å²) in [4.78, 5) is 4.13. The standard InChI is InChI=1S/C14H18F3N/c1-9(2)6-10-8-18-12(13(3,4)5)7-11(10)14(15,16)17/h6-8H,1-5H3. The summed E-state index contributed by atoms with van der Waals surface area (Å²) in [7, 11) is 0. The minimum absolute atomic E-state index is 0.121. The van der Waals surface area contributed by atoms with Crippen molar-refractivity contribution in [3.05, 3.63) is 34.7 Å². The number of alkyl halides is 3. The van der Waals surface area contributed by atoms with Crippen LogP contribution in [-0.2, 0) is 11.6 Å². The molecule has 0 saturated carbocycles. The number of nitrogens with zero attached hydrogens (tertiary/aromatic N) is 1. The molecule has 1 nitrogen and oxygen atoms in total. The number of pyridine rings is 1. The van der Waals surface area contributed by atoms with E-state index in [1.165, 1.54) is 12.3 Å². The fourth-order valence-corrected chi connectivity index (χ4v) is 1.55. The van der Waals surface area contributed by atoms with Gasteiger partial charge in [0, 0.05) is 22.9 Å². The van der Waals surface area contributed by atoms with Gasteiger partial charge in [-0.3, -0.25) is 4.98 Å². The number of hydrogen-bond donors (Lipinski definition) is 0. The van der Waals surface area contributed by atoms with Crippen LogP contribution in [0.3, 0.4) is 0 Å². The summed E-state index contributed by atoms with van der Waals surface area (Å²) in [5, 5.41) is 0. The maximum atomic E-state index is 13.0. The quantitative estimate of drug-likeness (QED) is 0.702. The van der Waals surface area contributed by atoms with Crippen molar-refractivity contribution in [1.82, 2.24) is 4.98 Å². The molecule has 100 valence electrons. The molecule has 1 aromatic heterocycles. The van der Waals surface area contributed by atoms with Gasteiger partial charge in [-0.15, -0.1) is 0 Å². The van der Waals surface area contributed by atoms with E-state index in [-0.39, 0.29) is 5.56 Å². The minimum Gasteiger partial charge on any atom is -0.260 e. The van der Waals surface area contributed by atoms with E-state index < -0.39 is 17.2 Å². The normalized spacial score (nSPS) is 12.4. The van der Waals surface area contributed by atoms with Crippen molar-refractivity contribution in [1.29, 1.82) is 0 Å². The first-order valence-electron chi connectivity index (χ1n) is 5.74. The number of allylic oxidation sites excluding steroid dienone is 1. The lowest BCUT2D eigenvalue weighted by molar-refractivity contribution is -0.137. The lowest BCUT2D eigenvalue weighted by atomic mass is 9.90. The molecule has 0 spiro atoms. The van der Waals surface area contributed by atoms with Gasteiger partial charge in [-0.25, -0.2) is 0 Å². The molecule has 0 radical (unpaired) electrons. The van der Waals surface area contributed by atoms with Crippen LogP contribution in [0.25, 0.3) is 6.08 Å². The highest BCUT2D eigenvalue weighted by atomic mass is 19.4. The molecule has 0 aliphatic carbocycles. The van der Waals surface area contributed by atoms with E-state index in [2.05, 4.69) is 4.98 Å². The van der Waals surface area contributed by atoms with Crippen molar-refractivity contribution in [3.8, 4) is 0 Å². The summed E-state index contributed by atoms with van der Waals surface area (Å²) in [6.07, 6.45) is -1.55. The Kier molecular flexibility index (Phi) is 3.89. The van der Waals surface area contributed by atoms with E-state index in [1.807, 2.05) is 20.8 Å². The summed E-state index contributed by atoms with van der Waals surface area (Å²) < 4.78 is 39.0. The highest BCUT2D eigenvalue weighted by Gasteiger charge is 2.34. The summed E-state index contributed by atoms with van der Waals surface area (Å²) in [5.41, 5.74) is 0.356. The van der Waals surface area contributed by atoms with E-state index in [9.17, 15) is 13.2 Å². The van der Waals surface area contributed by atoms with E-state index in [0.29, 0.717) is 5.69 Å². The van der Waals surface area contributed by atoms with Gasteiger partial charge < -0.3 is 0 Å². The van der Waals surface area contributed by atoms with Crippen LogP contribution in [0.15, 0.2) is 17.8 Å². The fraction of sp³-hybridized carbons (Fsp3) is 0.500. The molecule has 0 saturated heterocycles. The number of halogens is 3. The minimum atomic E-state index is -4.36. The maximum Gasteiger partial charge on any atom is 0.417 e. The van der Waals surface area contributed by atoms with Crippen molar-refractivity contribution in [2.45, 2.75) is 46.2 Å². The van der Waals surface area contributed by atoms with E-state index in [1.54, 1.807) is 13.8 Å². The number of hydrogen-bond acceptors (Lipinski definition) is 1. The molecular formula is C14H18F3N. The van der Waals surface area contributed by atoms with Crippen molar-refractivity contribution in [2.75, 3.05) is 0 Å². The lowest BCUT2D eigenvalue weighted by Gasteiger charge is -2.20. The van der Waals surface area contributed by atoms with Gasteiger partial charge in [-0.1, -0.05) is 32.4 Å². The van der Waals surface area contributed by atoms with E-state index in [0.717, 1.165) is 11.6 Å². The first-order chi connectivity index (χ1) is 8.01. The molecule has 0 unspecified atom stereocenters. The Morgan fingerprint density at radius 3 is 2.11 bits per heavy atom. The number of aromatic nitrogens is 1. The van der Waals surface area contributed by atoms with Gasteiger partial charge in [-0.05, 0) is 19.9 Å². The average Bonchev–Trinajstić information content (AvgIpc) is 2.13. The summed E-state index contributed by atoms with van der Waals surface area (Å²) >= 11 is 0. The van der Waals surface area contributed by atoms with Gasteiger partial charge in [0.2, 0.25) is 0 Å². The topological polar surface area (TPSA) is 12.9 Å². The van der Waals surface area contributed by atoms with E-state index >= 15 is 0 Å². The molecule has 1 rings (SSSR count). The summed E-state index contributed by atoms with van der Waals surface area (Å²) in [5.74, 6) is 0. The summed E-state index contributed by atoms with van der Waals surface area (Å²) in [6, 6.07) is 1.15. The molecular weight excluding hydrogens is 239 g/mol. The van der Waals surface area contributed by atoms with Crippen molar-refractivity contribution >= 4 is 6.08 Å². The predicted molar refractivity (Wildman–Crippen MR) is 67.3 cm³/mol. The van der Waals surface area contributed by atoms with Crippen LogP contribution in [0.4, 0.5) is 13.2 Å². The zero-order chi connectivity index (χ0) is 14.1. The average molecular weight is 257 g/mol. The largest absolute Gasteiger partial charge is 0.417 e. The second kappa shape index (κ2) is 4.75. The zero-order valence-electron chi connectivity index (χ0n) is 11.3. The van der Waals surface area contributed by atoms with Crippen molar-refractivity contribution in [2.24, 2.45) is 0 Å². The first-order valence-corrected chi connectivity index (χ1v) is 5.74. The van der Waals surface area contributed by atoms with Crippen LogP contribution in [0.2, 0.25) is 0 Å². The molecule has 0 aliphatic heterocycles. The fourth-order valence-electron chi connectivity index (χ4n) is 1.55. The Hall–Kier alpha value is -1.32. The van der Waals surface area contributed by atoms with Gasteiger partial charge in [-0.2, -0.15) is 13.2 Å². The van der Waals surface area contributed by atoms with Crippen LogP contribution in [0, 0.1) is 0 Å². The maximum absolute atomic E-state index is 13.0. The van der Waals surface area contributed by atoms with Crippen LogP contribution >= 0.6 is 0 Å². The summed E-state index contributed by atoms with van der Waals surface area (Å²) in [6.45, 7) is 9.05. The smallest absolute Gasteiger partial charge is 0.260 e. The zero-order valence-corrected chi connectivity index (χ0v) is 11.3. The van der Waals surface area contributed by atoms with Gasteiger partial charge in [0.25, 0.3) is 0 Å². The van der Waals surface area contributed by atoms with Crippen molar-refractivity contribution < 1.29 is 13.2 Å². The van der Waals surface area contributed by atoms with Crippen molar-refractivity contribution in [3.63, 3.8) is 0 Å². The SMILES string of the molecule is CC(C)=Cc1cnc(C(C)(C)C)cc1C(F)(F)F. The molecule has 0 bridgehead atoms. The molecule has 1 heterocycles. The van der Waals surface area contributed by atoms with Crippen LogP contribution in [-0.4, -0.2) is 4.98 Å². The Labute approximate surface area is 106 Å². The third kappa shape index (κ3) is 3.59. The molecule has 0 fully saturated rings. The Morgan fingerprint density at radius 2 is 1.72 bits per heavy atom. The monoisotopic (exact) mass is 257 g/mol. The number of rotatable bonds is 1. The molecule has 18 heavy (non-hydrogen) atoms. The van der Waals surface area contributed by atoms with Gasteiger partial charge >= 0.3 is 6.18 Å². The Bertz CT molecular complexity index is 461. The molecule has 0 amide bonds. The molecule has 0 aliphatic rings. The van der Waals surface area contributed by atoms with Crippen LogP contribution in [0.1, 0.15) is 51.4 Å². The van der Waals surface area contributed by atoms with Crippen LogP contribution < -0.4 is 0 Å². The van der Waals surface area contributed by atoms with Gasteiger partial charge in [0.05, 0.1) is 5.56 Å². The molecule has 0 atom stereocenters. The lowest BCUT2D eigenvalue weighted by Crippen LogP contribution is -2.17. The third-order valence-electron chi connectivity index (χ3n) is 2.45. The highest BCUT2D eigenvalue weighted by Crippen LogP contribution is 2.35. The first kappa shape index (κ1) is 14.7. The molecule has 4 heteroatoms. The van der Waals surface area contributed by atoms with Gasteiger partial charge in [0.1, 0.15) is 0 Å². The highest BCUT2D eigenvalue weighted by molar-refractivity contribution is 5.56. The molecule has 0 aromatic carbocycles. The third-order valence-corrected chi connectivity index (χ3v) is 2.45. The van der Waals surface area contributed by atoms with Gasteiger partial charge in [0.15, 0.2) is 0 Å². The second-order valence-electron chi connectivity index (χ2n) is 5.63. The molecule has 1 aromatic rings. The Balaban J connectivity index is 3.45. The van der Waals surface area contributed by atoms with E-state index in [4.69, 9.17) is 0 Å². The molecule has 0 N–H and O–H groups in total. The van der Waals surface area contributed by atoms with Crippen LogP contribution in [0.5, 0.6) is 0 Å². The second-order valence-corrected chi connectivity index (χ2v) is 5.63. The Morgan fingerprint density at radius 1 is 1.17 bits per heavy atom. The predicted octanol–water partition coefficient (Wildman–Crippen LogP) is 4.82.